The molecule has 1 aromatic carbocycles. The van der Waals surface area contributed by atoms with Crippen molar-refractivity contribution in [1.29, 1.82) is 0 Å². The highest BCUT2D eigenvalue weighted by Gasteiger charge is 2.20. The first kappa shape index (κ1) is 15.8. The number of hydrogen-bond donors (Lipinski definition) is 3. The molecule has 0 saturated heterocycles. The average Bonchev–Trinajstić information content (AvgIpc) is 2.53. The second-order valence-electron chi connectivity index (χ2n) is 5.83. The molecule has 0 aliphatic heterocycles. The maximum atomic E-state index is 14.3. The highest BCUT2D eigenvalue weighted by molar-refractivity contribution is 5.97. The molecule has 116 valence electrons. The third kappa shape index (κ3) is 3.94. The molecule has 0 bridgehead atoms. The Balaban J connectivity index is 1.99. The predicted octanol–water partition coefficient (Wildman–Crippen LogP) is 2.98. The number of rotatable bonds is 5. The van der Waals surface area contributed by atoms with Gasteiger partial charge in [0.1, 0.15) is 5.82 Å². The second-order valence-corrected chi connectivity index (χ2v) is 5.83. The zero-order valence-electron chi connectivity index (χ0n) is 12.5. The van der Waals surface area contributed by atoms with Crippen LogP contribution in [0.5, 0.6) is 0 Å². The van der Waals surface area contributed by atoms with Crippen LogP contribution in [0.2, 0.25) is 0 Å². The van der Waals surface area contributed by atoms with E-state index in [-0.39, 0.29) is 11.4 Å². The molecule has 0 unspecified atom stereocenters. The van der Waals surface area contributed by atoms with Gasteiger partial charge in [0.05, 0.1) is 5.56 Å². The fourth-order valence-corrected chi connectivity index (χ4v) is 3.04. The topological polar surface area (TPSA) is 70.6 Å². The maximum absolute atomic E-state index is 14.3. The SMILES string of the molecule is C[C@H](NCc1cccc(/C(N)=N/O)c1F)C1CCCCC1. The normalized spacial score (nSPS) is 18.7. The lowest BCUT2D eigenvalue weighted by molar-refractivity contribution is 0.280. The summed E-state index contributed by atoms with van der Waals surface area (Å²) in [6.07, 6.45) is 6.43. The van der Waals surface area contributed by atoms with Gasteiger partial charge in [-0.3, -0.25) is 0 Å². The molecule has 0 heterocycles. The summed E-state index contributed by atoms with van der Waals surface area (Å²) in [4.78, 5) is 0. The van der Waals surface area contributed by atoms with Gasteiger partial charge in [-0.05, 0) is 31.7 Å². The van der Waals surface area contributed by atoms with Crippen molar-refractivity contribution in [3.05, 3.63) is 35.1 Å². The number of nitrogens with one attached hydrogen (secondary N) is 1. The Morgan fingerprint density at radius 1 is 1.43 bits per heavy atom. The van der Waals surface area contributed by atoms with Crippen LogP contribution in [-0.4, -0.2) is 17.1 Å². The molecule has 2 rings (SSSR count). The Hall–Kier alpha value is -1.62. The Morgan fingerprint density at radius 2 is 2.14 bits per heavy atom. The Morgan fingerprint density at radius 3 is 2.81 bits per heavy atom. The van der Waals surface area contributed by atoms with E-state index in [0.29, 0.717) is 24.1 Å². The van der Waals surface area contributed by atoms with E-state index in [4.69, 9.17) is 10.9 Å². The van der Waals surface area contributed by atoms with Crippen LogP contribution >= 0.6 is 0 Å². The summed E-state index contributed by atoms with van der Waals surface area (Å²) in [5.41, 5.74) is 6.16. The number of benzene rings is 1. The van der Waals surface area contributed by atoms with E-state index < -0.39 is 5.82 Å². The molecule has 0 spiro atoms. The van der Waals surface area contributed by atoms with Crippen LogP contribution in [0.4, 0.5) is 4.39 Å². The first-order valence-corrected chi connectivity index (χ1v) is 7.62. The largest absolute Gasteiger partial charge is 0.409 e. The van der Waals surface area contributed by atoms with Gasteiger partial charge in [-0.15, -0.1) is 0 Å². The lowest BCUT2D eigenvalue weighted by atomic mass is 9.84. The monoisotopic (exact) mass is 293 g/mol. The van der Waals surface area contributed by atoms with Gasteiger partial charge in [-0.25, -0.2) is 4.39 Å². The Bertz CT molecular complexity index is 498. The predicted molar refractivity (Wildman–Crippen MR) is 81.8 cm³/mol. The van der Waals surface area contributed by atoms with Gasteiger partial charge >= 0.3 is 0 Å². The molecule has 0 amide bonds. The molecule has 5 heteroatoms. The Labute approximate surface area is 125 Å². The van der Waals surface area contributed by atoms with Crippen molar-refractivity contribution < 1.29 is 9.60 Å². The maximum Gasteiger partial charge on any atom is 0.173 e. The minimum Gasteiger partial charge on any atom is -0.409 e. The van der Waals surface area contributed by atoms with Crippen LogP contribution < -0.4 is 11.1 Å². The molecular formula is C16H24FN3O. The highest BCUT2D eigenvalue weighted by Crippen LogP contribution is 2.26. The van der Waals surface area contributed by atoms with Crippen LogP contribution in [0.15, 0.2) is 23.4 Å². The summed E-state index contributed by atoms with van der Waals surface area (Å²) in [5, 5.41) is 14.9. The van der Waals surface area contributed by atoms with Gasteiger partial charge in [0.2, 0.25) is 0 Å². The number of hydrogen-bond acceptors (Lipinski definition) is 3. The van der Waals surface area contributed by atoms with Crippen molar-refractivity contribution in [2.45, 2.75) is 51.6 Å². The van der Waals surface area contributed by atoms with Crippen LogP contribution in [0.3, 0.4) is 0 Å². The van der Waals surface area contributed by atoms with E-state index in [1.54, 1.807) is 12.1 Å². The lowest BCUT2D eigenvalue weighted by Gasteiger charge is -2.28. The van der Waals surface area contributed by atoms with E-state index >= 15 is 0 Å². The van der Waals surface area contributed by atoms with Gasteiger partial charge in [0.25, 0.3) is 0 Å². The third-order valence-corrected chi connectivity index (χ3v) is 4.43. The summed E-state index contributed by atoms with van der Waals surface area (Å²) < 4.78 is 14.3. The molecule has 1 aliphatic rings. The van der Waals surface area contributed by atoms with Gasteiger partial charge < -0.3 is 16.3 Å². The number of nitrogens with two attached hydrogens (primary N) is 1. The number of nitrogens with zero attached hydrogens (tertiary/aromatic N) is 1. The van der Waals surface area contributed by atoms with Gasteiger partial charge in [0.15, 0.2) is 5.84 Å². The van der Waals surface area contributed by atoms with E-state index in [1.807, 2.05) is 0 Å². The fraction of sp³-hybridized carbons (Fsp3) is 0.562. The molecule has 0 radical (unpaired) electrons. The summed E-state index contributed by atoms with van der Waals surface area (Å²) in [6, 6.07) is 5.33. The van der Waals surface area contributed by atoms with Crippen molar-refractivity contribution in [3.8, 4) is 0 Å². The molecule has 1 atom stereocenters. The zero-order valence-corrected chi connectivity index (χ0v) is 12.5. The number of halogens is 1. The third-order valence-electron chi connectivity index (χ3n) is 4.43. The van der Waals surface area contributed by atoms with E-state index in [0.717, 1.165) is 0 Å². The zero-order chi connectivity index (χ0) is 15.2. The average molecular weight is 293 g/mol. The number of amidine groups is 1. The fourth-order valence-electron chi connectivity index (χ4n) is 3.04. The summed E-state index contributed by atoms with van der Waals surface area (Å²) >= 11 is 0. The van der Waals surface area contributed by atoms with Crippen LogP contribution in [0, 0.1) is 11.7 Å². The van der Waals surface area contributed by atoms with Crippen molar-refractivity contribution in [3.63, 3.8) is 0 Å². The van der Waals surface area contributed by atoms with Gasteiger partial charge in [-0.2, -0.15) is 0 Å². The summed E-state index contributed by atoms with van der Waals surface area (Å²) in [6.45, 7) is 2.62. The summed E-state index contributed by atoms with van der Waals surface area (Å²) in [5.74, 6) is 0.0555. The quantitative estimate of drug-likeness (QED) is 0.338. The first-order chi connectivity index (χ1) is 10.1. The molecule has 1 fully saturated rings. The van der Waals surface area contributed by atoms with Crippen molar-refractivity contribution in [2.75, 3.05) is 0 Å². The smallest absolute Gasteiger partial charge is 0.173 e. The van der Waals surface area contributed by atoms with Gasteiger partial charge in [0, 0.05) is 18.2 Å². The molecule has 4 nitrogen and oxygen atoms in total. The molecular weight excluding hydrogens is 269 g/mol. The summed E-state index contributed by atoms with van der Waals surface area (Å²) in [7, 11) is 0. The molecule has 1 aliphatic carbocycles. The van der Waals surface area contributed by atoms with Crippen molar-refractivity contribution in [2.24, 2.45) is 16.8 Å². The van der Waals surface area contributed by atoms with E-state index in [9.17, 15) is 4.39 Å². The Kier molecular flexibility index (Phi) is 5.56. The first-order valence-electron chi connectivity index (χ1n) is 7.62. The minimum atomic E-state index is -0.420. The van der Waals surface area contributed by atoms with E-state index in [2.05, 4.69) is 17.4 Å². The lowest BCUT2D eigenvalue weighted by Crippen LogP contribution is -2.34. The standard InChI is InChI=1S/C16H24FN3O/c1-11(12-6-3-2-4-7-12)19-10-13-8-5-9-14(15(13)17)16(18)20-21/h5,8-9,11-12,19,21H,2-4,6-7,10H2,1H3,(H2,18,20)/t11-/m0/s1. The van der Waals surface area contributed by atoms with Crippen molar-refractivity contribution >= 4 is 5.84 Å². The minimum absolute atomic E-state index is 0.141. The second kappa shape index (κ2) is 7.41. The van der Waals surface area contributed by atoms with Gasteiger partial charge in [-0.1, -0.05) is 36.6 Å². The number of oxime groups is 1. The van der Waals surface area contributed by atoms with E-state index in [1.165, 1.54) is 38.2 Å². The molecule has 0 aromatic heterocycles. The van der Waals surface area contributed by atoms with Crippen molar-refractivity contribution in [1.82, 2.24) is 5.32 Å². The van der Waals surface area contributed by atoms with Crippen LogP contribution in [0.1, 0.15) is 50.2 Å². The molecule has 1 aromatic rings. The van der Waals surface area contributed by atoms with Crippen LogP contribution in [-0.2, 0) is 6.54 Å². The molecule has 4 N–H and O–H groups in total. The van der Waals surface area contributed by atoms with Crippen LogP contribution in [0.25, 0.3) is 0 Å². The molecule has 1 saturated carbocycles. The molecule has 21 heavy (non-hydrogen) atoms. The highest BCUT2D eigenvalue weighted by atomic mass is 19.1.